The molecule has 0 aromatic heterocycles. The van der Waals surface area contributed by atoms with Gasteiger partial charge in [0.05, 0.1) is 0 Å². The van der Waals surface area contributed by atoms with Gasteiger partial charge in [0.25, 0.3) is 0 Å². The maximum absolute atomic E-state index is 11.1. The molecular weight excluding hydrogens is 289 g/mol. The van der Waals surface area contributed by atoms with Gasteiger partial charge in [-0.1, -0.05) is 11.6 Å². The summed E-state index contributed by atoms with van der Waals surface area (Å²) in [6.07, 6.45) is -1.18. The van der Waals surface area contributed by atoms with Crippen LogP contribution in [0.3, 0.4) is 0 Å². The first-order valence-electron chi connectivity index (χ1n) is 4.40. The fraction of sp³-hybridized carbons (Fsp3) is 0.222. The van der Waals surface area contributed by atoms with Gasteiger partial charge in [0.15, 0.2) is 0 Å². The van der Waals surface area contributed by atoms with Crippen molar-refractivity contribution >= 4 is 37.6 Å². The predicted octanol–water partition coefficient (Wildman–Crippen LogP) is 2.53. The number of halogens is 2. The molecule has 1 aromatic rings. The summed E-state index contributed by atoms with van der Waals surface area (Å²) >= 11 is 5.92. The van der Waals surface area contributed by atoms with Crippen LogP contribution < -0.4 is 9.46 Å². The number of rotatable bonds is 2. The highest BCUT2D eigenvalue weighted by Crippen LogP contribution is 2.25. The van der Waals surface area contributed by atoms with Crippen LogP contribution in [-0.2, 0) is 9.24 Å². The molecule has 1 amide bonds. The van der Waals surface area contributed by atoms with E-state index >= 15 is 0 Å². The van der Waals surface area contributed by atoms with E-state index in [2.05, 4.69) is 0 Å². The second-order valence-corrected chi connectivity index (χ2v) is 5.98. The third-order valence-corrected chi connectivity index (χ3v) is 3.06. The van der Waals surface area contributed by atoms with Gasteiger partial charge in [-0.2, -0.15) is 8.42 Å². The second kappa shape index (κ2) is 5.12. The Morgan fingerprint density at radius 2 is 1.76 bits per heavy atom. The van der Waals surface area contributed by atoms with Crippen LogP contribution in [0.15, 0.2) is 12.1 Å². The molecule has 0 atom stereocenters. The normalized spacial score (nSPS) is 11.1. The zero-order valence-electron chi connectivity index (χ0n) is 8.95. The van der Waals surface area contributed by atoms with Crippen LogP contribution in [0.5, 0.6) is 5.75 Å². The summed E-state index contributed by atoms with van der Waals surface area (Å²) in [6.45, 7) is 3.47. The number of hydrogen-bond donors (Lipinski definition) is 1. The molecule has 0 spiro atoms. The fourth-order valence-corrected chi connectivity index (χ4v) is 1.73. The average molecular weight is 298 g/mol. The lowest BCUT2D eigenvalue weighted by Gasteiger charge is -2.08. The molecule has 17 heavy (non-hydrogen) atoms. The van der Waals surface area contributed by atoms with Crippen molar-refractivity contribution in [3.8, 4) is 5.75 Å². The molecule has 1 aromatic carbocycles. The molecule has 8 heteroatoms. The number of amides is 1. The first kappa shape index (κ1) is 14.1. The lowest BCUT2D eigenvalue weighted by atomic mass is 10.1. The van der Waals surface area contributed by atoms with Gasteiger partial charge in [-0.05, 0) is 37.1 Å². The zero-order chi connectivity index (χ0) is 13.2. The van der Waals surface area contributed by atoms with Crippen LogP contribution in [0.4, 0.5) is 4.79 Å². The van der Waals surface area contributed by atoms with Crippen molar-refractivity contribution in [2.24, 2.45) is 0 Å². The third kappa shape index (κ3) is 4.41. The molecule has 1 rings (SSSR count). The average Bonchev–Trinajstić information content (AvgIpc) is 2.10. The van der Waals surface area contributed by atoms with Gasteiger partial charge in [0.1, 0.15) is 5.75 Å². The van der Waals surface area contributed by atoms with Crippen molar-refractivity contribution in [2.75, 3.05) is 0 Å². The van der Waals surface area contributed by atoms with Crippen LogP contribution in [0.2, 0.25) is 5.02 Å². The van der Waals surface area contributed by atoms with E-state index in [1.807, 2.05) is 0 Å². The molecule has 0 radical (unpaired) electrons. The quantitative estimate of drug-likeness (QED) is 0.852. The largest absolute Gasteiger partial charge is 0.427 e. The second-order valence-electron chi connectivity index (χ2n) is 3.30. The number of carbonyl (C=O) groups excluding carboxylic acids is 1. The van der Waals surface area contributed by atoms with Crippen LogP contribution in [0.25, 0.3) is 0 Å². The zero-order valence-corrected chi connectivity index (χ0v) is 11.3. The Morgan fingerprint density at radius 3 is 2.18 bits per heavy atom. The van der Waals surface area contributed by atoms with Crippen molar-refractivity contribution < 1.29 is 17.9 Å². The van der Waals surface area contributed by atoms with Crippen LogP contribution in [0.1, 0.15) is 11.1 Å². The van der Waals surface area contributed by atoms with E-state index in [0.29, 0.717) is 16.1 Å². The monoisotopic (exact) mass is 297 g/mol. The summed E-state index contributed by atoms with van der Waals surface area (Å²) in [7, 11) is 0.671. The number of aryl methyl sites for hydroxylation is 2. The number of ether oxygens (including phenoxy) is 1. The molecule has 0 heterocycles. The van der Waals surface area contributed by atoms with Gasteiger partial charge >= 0.3 is 15.3 Å². The first-order chi connectivity index (χ1) is 7.69. The van der Waals surface area contributed by atoms with E-state index in [0.717, 1.165) is 0 Å². The lowest BCUT2D eigenvalue weighted by molar-refractivity contribution is 0.207. The van der Waals surface area contributed by atoms with E-state index in [-0.39, 0.29) is 5.75 Å². The van der Waals surface area contributed by atoms with Crippen LogP contribution in [0, 0.1) is 13.8 Å². The van der Waals surface area contributed by atoms with Gasteiger partial charge in [-0.15, -0.1) is 0 Å². The molecule has 94 valence electrons. The minimum absolute atomic E-state index is 0.183. The minimum atomic E-state index is -4.15. The Kier molecular flexibility index (Phi) is 4.24. The fourth-order valence-electron chi connectivity index (χ4n) is 1.19. The molecule has 0 aliphatic carbocycles. The number of nitrogens with one attached hydrogen (secondary N) is 1. The van der Waals surface area contributed by atoms with E-state index in [1.54, 1.807) is 13.8 Å². The number of carbonyl (C=O) groups is 1. The summed E-state index contributed by atoms with van der Waals surface area (Å²) in [6, 6.07) is 3.02. The molecular formula is C9H9Cl2NO4S. The molecule has 0 bridgehead atoms. The van der Waals surface area contributed by atoms with Crippen molar-refractivity contribution in [3.05, 3.63) is 28.3 Å². The van der Waals surface area contributed by atoms with Gasteiger partial charge in [0.2, 0.25) is 0 Å². The molecule has 0 aliphatic rings. The van der Waals surface area contributed by atoms with E-state index in [9.17, 15) is 13.2 Å². The molecule has 1 N–H and O–H groups in total. The van der Waals surface area contributed by atoms with Crippen molar-refractivity contribution in [3.63, 3.8) is 0 Å². The van der Waals surface area contributed by atoms with Crippen molar-refractivity contribution in [2.45, 2.75) is 13.8 Å². The van der Waals surface area contributed by atoms with Crippen molar-refractivity contribution in [1.82, 2.24) is 4.72 Å². The van der Waals surface area contributed by atoms with Gasteiger partial charge in [-0.3, -0.25) is 0 Å². The Labute approximate surface area is 108 Å². The SMILES string of the molecule is Cc1cc(OC(=O)NS(=O)(=O)Cl)cc(C)c1Cl. The molecule has 0 fully saturated rings. The smallest absolute Gasteiger partial charge is 0.410 e. The number of benzene rings is 1. The Morgan fingerprint density at radius 1 is 1.29 bits per heavy atom. The Hall–Kier alpha value is -0.980. The summed E-state index contributed by atoms with van der Waals surface area (Å²) in [5.41, 5.74) is 1.42. The highest BCUT2D eigenvalue weighted by atomic mass is 35.7. The van der Waals surface area contributed by atoms with Gasteiger partial charge in [-0.25, -0.2) is 9.52 Å². The summed E-state index contributed by atoms with van der Waals surface area (Å²) in [5.74, 6) is 0.183. The molecule has 0 saturated carbocycles. The predicted molar refractivity (Wildman–Crippen MR) is 64.9 cm³/mol. The molecule has 0 aliphatic heterocycles. The van der Waals surface area contributed by atoms with Crippen molar-refractivity contribution in [1.29, 1.82) is 0 Å². The highest BCUT2D eigenvalue weighted by molar-refractivity contribution is 8.12. The molecule has 0 unspecified atom stereocenters. The van der Waals surface area contributed by atoms with E-state index in [4.69, 9.17) is 27.0 Å². The van der Waals surface area contributed by atoms with Gasteiger partial charge in [0, 0.05) is 15.7 Å². The summed E-state index contributed by atoms with van der Waals surface area (Å²) in [5, 5.41) is 0.558. The third-order valence-electron chi connectivity index (χ3n) is 1.83. The maximum Gasteiger partial charge on any atom is 0.427 e. The van der Waals surface area contributed by atoms with Gasteiger partial charge < -0.3 is 4.74 Å². The standard InChI is InChI=1S/C9H9Cl2NO4S/c1-5-3-7(4-6(2)8(5)10)16-9(13)12-17(11,14)15/h3-4H,1-2H3,(H,12,13). The topological polar surface area (TPSA) is 72.5 Å². The number of hydrogen-bond acceptors (Lipinski definition) is 4. The summed E-state index contributed by atoms with van der Waals surface area (Å²) in [4.78, 5) is 11.1. The molecule has 0 saturated heterocycles. The molecule has 5 nitrogen and oxygen atoms in total. The maximum atomic E-state index is 11.1. The highest BCUT2D eigenvalue weighted by Gasteiger charge is 2.13. The van der Waals surface area contributed by atoms with E-state index < -0.39 is 15.3 Å². The first-order valence-corrected chi connectivity index (χ1v) is 7.09. The lowest BCUT2D eigenvalue weighted by Crippen LogP contribution is -2.29. The Balaban J connectivity index is 2.86. The minimum Gasteiger partial charge on any atom is -0.410 e. The van der Waals surface area contributed by atoms with Crippen LogP contribution in [-0.4, -0.2) is 14.5 Å². The van der Waals surface area contributed by atoms with E-state index in [1.165, 1.54) is 16.9 Å². The Bertz CT molecular complexity index is 533. The van der Waals surface area contributed by atoms with Crippen LogP contribution >= 0.6 is 22.3 Å². The summed E-state index contributed by atoms with van der Waals surface area (Å²) < 4.78 is 27.3.